The molecule has 4 aromatic rings. The number of hydrogen-bond donors (Lipinski definition) is 2. The lowest BCUT2D eigenvalue weighted by molar-refractivity contribution is -0.143. The van der Waals surface area contributed by atoms with Crippen LogP contribution in [0.5, 0.6) is 0 Å². The number of anilines is 1. The fourth-order valence-corrected chi connectivity index (χ4v) is 4.62. The molecular formula is C28H27F5N6O4. The molecule has 1 aromatic carbocycles. The van der Waals surface area contributed by atoms with E-state index in [2.05, 4.69) is 15.3 Å². The summed E-state index contributed by atoms with van der Waals surface area (Å²) in [4.78, 5) is 47.0. The Bertz CT molecular complexity index is 1730. The molecule has 3 heterocycles. The summed E-state index contributed by atoms with van der Waals surface area (Å²) in [6, 6.07) is 0.776. The first kappa shape index (κ1) is 31.1. The zero-order valence-corrected chi connectivity index (χ0v) is 23.4. The molecule has 43 heavy (non-hydrogen) atoms. The standard InChI is InChI=1S/C28H27F5N6O4/c1-5-21(28(31,32)33)36-15-10-18(29)22(19(30)11-15)25(40)37-20(27(42)43-4)12-16-6-7-17(24-34-8-9-39(16)24)23-26(41)38(3)13-14(2)35-23/h6-11,13,20-21,36H,5,12H2,1-4H3,(H,37,40)/t20-,21+/m0/s1. The van der Waals surface area contributed by atoms with Crippen molar-refractivity contribution in [3.05, 3.63) is 81.8 Å². The minimum atomic E-state index is -4.67. The number of imidazole rings is 1. The molecule has 0 fully saturated rings. The Morgan fingerprint density at radius 2 is 1.81 bits per heavy atom. The number of rotatable bonds is 9. The van der Waals surface area contributed by atoms with Gasteiger partial charge in [-0.3, -0.25) is 9.59 Å². The number of fused-ring (bicyclic) bond motifs is 1. The molecule has 1 amide bonds. The molecule has 0 saturated carbocycles. The van der Waals surface area contributed by atoms with Crippen LogP contribution in [-0.4, -0.2) is 56.2 Å². The van der Waals surface area contributed by atoms with E-state index in [4.69, 9.17) is 4.74 Å². The van der Waals surface area contributed by atoms with Gasteiger partial charge in [0.15, 0.2) is 0 Å². The Morgan fingerprint density at radius 1 is 1.14 bits per heavy atom. The average molecular weight is 607 g/mol. The van der Waals surface area contributed by atoms with Gasteiger partial charge in [0.25, 0.3) is 11.5 Å². The van der Waals surface area contributed by atoms with Crippen molar-refractivity contribution in [2.24, 2.45) is 7.05 Å². The molecule has 10 nitrogen and oxygen atoms in total. The highest BCUT2D eigenvalue weighted by Crippen LogP contribution is 2.28. The number of alkyl halides is 3. The number of halogens is 5. The number of carbonyl (C=O) groups excluding carboxylic acids is 2. The minimum absolute atomic E-state index is 0.146. The van der Waals surface area contributed by atoms with Crippen molar-refractivity contribution in [3.8, 4) is 11.3 Å². The maximum absolute atomic E-state index is 14.9. The molecule has 0 radical (unpaired) electrons. The highest BCUT2D eigenvalue weighted by molar-refractivity contribution is 5.97. The van der Waals surface area contributed by atoms with E-state index in [0.29, 0.717) is 34.7 Å². The molecule has 0 saturated heterocycles. The third-order valence-electron chi connectivity index (χ3n) is 6.70. The lowest BCUT2D eigenvalue weighted by atomic mass is 10.1. The Balaban J connectivity index is 1.63. The highest BCUT2D eigenvalue weighted by atomic mass is 19.4. The number of aryl methyl sites for hydroxylation is 2. The first-order valence-corrected chi connectivity index (χ1v) is 13.0. The van der Waals surface area contributed by atoms with Gasteiger partial charge >= 0.3 is 12.1 Å². The number of carbonyl (C=O) groups is 2. The number of benzene rings is 1. The average Bonchev–Trinajstić information content (AvgIpc) is 3.42. The zero-order chi connectivity index (χ0) is 31.6. The van der Waals surface area contributed by atoms with Crippen molar-refractivity contribution < 1.29 is 36.3 Å². The van der Waals surface area contributed by atoms with Gasteiger partial charge < -0.3 is 24.3 Å². The van der Waals surface area contributed by atoms with Gasteiger partial charge in [-0.05, 0) is 37.6 Å². The lowest BCUT2D eigenvalue weighted by Crippen LogP contribution is -2.44. The number of nitrogens with one attached hydrogen (secondary N) is 2. The number of methoxy groups -OCH3 is 1. The summed E-state index contributed by atoms with van der Waals surface area (Å²) in [7, 11) is 2.64. The first-order chi connectivity index (χ1) is 20.2. The second-order valence-corrected chi connectivity index (χ2v) is 9.72. The molecule has 0 aliphatic carbocycles. The summed E-state index contributed by atoms with van der Waals surface area (Å²) >= 11 is 0. The smallest absolute Gasteiger partial charge is 0.408 e. The second-order valence-electron chi connectivity index (χ2n) is 9.72. The monoisotopic (exact) mass is 606 g/mol. The van der Waals surface area contributed by atoms with Gasteiger partial charge in [-0.15, -0.1) is 0 Å². The van der Waals surface area contributed by atoms with Crippen LogP contribution in [0.4, 0.5) is 27.6 Å². The topological polar surface area (TPSA) is 120 Å². The number of pyridine rings is 1. The van der Waals surface area contributed by atoms with Crippen LogP contribution in [0.3, 0.4) is 0 Å². The van der Waals surface area contributed by atoms with E-state index < -0.39 is 59.4 Å². The van der Waals surface area contributed by atoms with Crippen molar-refractivity contribution in [2.75, 3.05) is 12.4 Å². The number of hydrogen-bond acceptors (Lipinski definition) is 7. The van der Waals surface area contributed by atoms with Crippen LogP contribution < -0.4 is 16.2 Å². The Hall–Kier alpha value is -4.82. The third-order valence-corrected chi connectivity index (χ3v) is 6.70. The number of esters is 1. The molecule has 0 aliphatic rings. The Morgan fingerprint density at radius 3 is 2.42 bits per heavy atom. The molecule has 2 atom stereocenters. The molecule has 0 bridgehead atoms. The molecule has 0 spiro atoms. The number of ether oxygens (including phenoxy) is 1. The summed E-state index contributed by atoms with van der Waals surface area (Å²) in [6.45, 7) is 2.97. The molecule has 0 aliphatic heterocycles. The highest BCUT2D eigenvalue weighted by Gasteiger charge is 2.38. The van der Waals surface area contributed by atoms with Gasteiger partial charge in [-0.2, -0.15) is 13.2 Å². The largest absolute Gasteiger partial charge is 0.467 e. The Labute approximate surface area is 241 Å². The zero-order valence-electron chi connectivity index (χ0n) is 23.4. The maximum Gasteiger partial charge on any atom is 0.408 e. The molecule has 0 unspecified atom stereocenters. The molecule has 15 heteroatoms. The predicted octanol–water partition coefficient (Wildman–Crippen LogP) is 3.95. The van der Waals surface area contributed by atoms with E-state index in [-0.39, 0.29) is 17.7 Å². The molecule has 4 rings (SSSR count). The van der Waals surface area contributed by atoms with Crippen LogP contribution in [0, 0.1) is 18.6 Å². The maximum atomic E-state index is 14.9. The number of aromatic nitrogens is 4. The van der Waals surface area contributed by atoms with E-state index in [0.717, 1.165) is 7.11 Å². The van der Waals surface area contributed by atoms with E-state index in [1.165, 1.54) is 17.7 Å². The predicted molar refractivity (Wildman–Crippen MR) is 145 cm³/mol. The second kappa shape index (κ2) is 12.2. The van der Waals surface area contributed by atoms with Gasteiger partial charge in [-0.1, -0.05) is 6.92 Å². The van der Waals surface area contributed by atoms with E-state index in [1.807, 2.05) is 5.32 Å². The van der Waals surface area contributed by atoms with Crippen LogP contribution in [0.25, 0.3) is 16.9 Å². The number of amides is 1. The molecule has 3 aromatic heterocycles. The van der Waals surface area contributed by atoms with Crippen molar-refractivity contribution in [2.45, 2.75) is 44.9 Å². The van der Waals surface area contributed by atoms with Crippen molar-refractivity contribution in [3.63, 3.8) is 0 Å². The van der Waals surface area contributed by atoms with E-state index in [9.17, 15) is 36.3 Å². The summed E-state index contributed by atoms with van der Waals surface area (Å²) in [5, 5.41) is 4.26. The fraction of sp³-hybridized carbons (Fsp3) is 0.321. The normalized spacial score (nSPS) is 13.0. The summed E-state index contributed by atoms with van der Waals surface area (Å²) in [5.74, 6) is -5.13. The van der Waals surface area contributed by atoms with Gasteiger partial charge in [-0.25, -0.2) is 23.5 Å². The lowest BCUT2D eigenvalue weighted by Gasteiger charge is -2.22. The molecule has 2 N–H and O–H groups in total. The van der Waals surface area contributed by atoms with Crippen LogP contribution in [0.1, 0.15) is 35.1 Å². The SMILES string of the molecule is CC[C@@H](Nc1cc(F)c(C(=O)N[C@@H](Cc2ccc(-c3nc(C)cn(C)c3=O)c3nccn23)C(=O)OC)c(F)c1)C(F)(F)F. The van der Waals surface area contributed by atoms with E-state index >= 15 is 0 Å². The first-order valence-electron chi connectivity index (χ1n) is 13.0. The van der Waals surface area contributed by atoms with Crippen molar-refractivity contribution in [1.82, 2.24) is 24.3 Å². The molecular weight excluding hydrogens is 579 g/mol. The summed E-state index contributed by atoms with van der Waals surface area (Å²) in [5.41, 5.74) is -0.0886. The van der Waals surface area contributed by atoms with Crippen LogP contribution in [0.15, 0.2) is 47.7 Å². The van der Waals surface area contributed by atoms with Gasteiger partial charge in [0.05, 0.1) is 12.8 Å². The molecule has 228 valence electrons. The fourth-order valence-electron chi connectivity index (χ4n) is 4.62. The Kier molecular flexibility index (Phi) is 8.82. The van der Waals surface area contributed by atoms with Gasteiger partial charge in [0, 0.05) is 49.0 Å². The van der Waals surface area contributed by atoms with E-state index in [1.54, 1.807) is 42.9 Å². The van der Waals surface area contributed by atoms with Crippen molar-refractivity contribution in [1.29, 1.82) is 0 Å². The summed E-state index contributed by atoms with van der Waals surface area (Å²) in [6.07, 6.45) is -0.712. The quantitative estimate of drug-likeness (QED) is 0.219. The summed E-state index contributed by atoms with van der Waals surface area (Å²) < 4.78 is 76.7. The van der Waals surface area contributed by atoms with Crippen molar-refractivity contribution >= 4 is 23.2 Å². The third kappa shape index (κ3) is 6.49. The minimum Gasteiger partial charge on any atom is -0.467 e. The van der Waals surface area contributed by atoms with Gasteiger partial charge in [0.2, 0.25) is 0 Å². The number of nitrogens with zero attached hydrogens (tertiary/aromatic N) is 4. The van der Waals surface area contributed by atoms with Crippen LogP contribution in [-0.2, 0) is 23.0 Å². The van der Waals surface area contributed by atoms with Gasteiger partial charge in [0.1, 0.15) is 40.6 Å². The van der Waals surface area contributed by atoms with Crippen LogP contribution in [0.2, 0.25) is 0 Å². The van der Waals surface area contributed by atoms with Crippen LogP contribution >= 0.6 is 0 Å².